The van der Waals surface area contributed by atoms with Crippen LogP contribution in [0.5, 0.6) is 0 Å². The Morgan fingerprint density at radius 2 is 2.00 bits per heavy atom. The van der Waals surface area contributed by atoms with E-state index in [2.05, 4.69) is 21.2 Å². The van der Waals surface area contributed by atoms with Gasteiger partial charge in [-0.25, -0.2) is 0 Å². The highest BCUT2D eigenvalue weighted by atomic mass is 79.9. The minimum Gasteiger partial charge on any atom is -0.498 e. The maximum atomic E-state index is 13.0. The molecule has 1 heterocycles. The van der Waals surface area contributed by atoms with Crippen LogP contribution in [0.3, 0.4) is 0 Å². The van der Waals surface area contributed by atoms with Crippen LogP contribution in [0.2, 0.25) is 0 Å². The van der Waals surface area contributed by atoms with Crippen molar-refractivity contribution in [2.45, 2.75) is 19.0 Å². The molecule has 0 bridgehead atoms. The molecule has 1 aliphatic heterocycles. The van der Waals surface area contributed by atoms with E-state index in [0.717, 1.165) is 21.3 Å². The van der Waals surface area contributed by atoms with Crippen LogP contribution in [0.1, 0.15) is 24.1 Å². The third-order valence-electron chi connectivity index (χ3n) is 4.46. The SMILES string of the molecule is COC1=Cc2ccccc2N(C)C1C(=O)NC(C)c1cccc(Br)c1. The number of methoxy groups -OCH3 is 1. The van der Waals surface area contributed by atoms with E-state index in [9.17, 15) is 4.79 Å². The van der Waals surface area contributed by atoms with Gasteiger partial charge in [0.05, 0.1) is 13.2 Å². The molecule has 0 radical (unpaired) electrons. The Hall–Kier alpha value is -2.27. The summed E-state index contributed by atoms with van der Waals surface area (Å²) >= 11 is 3.47. The lowest BCUT2D eigenvalue weighted by atomic mass is 10.0. The number of amides is 1. The first-order valence-corrected chi connectivity index (χ1v) is 8.94. The molecular formula is C20H21BrN2O2. The summed E-state index contributed by atoms with van der Waals surface area (Å²) in [5.41, 5.74) is 3.11. The van der Waals surface area contributed by atoms with E-state index < -0.39 is 6.04 Å². The molecule has 25 heavy (non-hydrogen) atoms. The van der Waals surface area contributed by atoms with Crippen molar-refractivity contribution in [2.75, 3.05) is 19.1 Å². The van der Waals surface area contributed by atoms with Crippen molar-refractivity contribution in [3.8, 4) is 0 Å². The number of carbonyl (C=O) groups excluding carboxylic acids is 1. The number of nitrogens with zero attached hydrogens (tertiary/aromatic N) is 1. The Kier molecular flexibility index (Phi) is 5.13. The Bertz CT molecular complexity index is 819. The van der Waals surface area contributed by atoms with Crippen molar-refractivity contribution < 1.29 is 9.53 Å². The average molecular weight is 401 g/mol. The molecule has 0 aliphatic carbocycles. The topological polar surface area (TPSA) is 41.6 Å². The number of para-hydroxylation sites is 1. The van der Waals surface area contributed by atoms with Crippen LogP contribution < -0.4 is 10.2 Å². The number of anilines is 1. The number of nitrogens with one attached hydrogen (secondary N) is 1. The van der Waals surface area contributed by atoms with Gasteiger partial charge in [-0.3, -0.25) is 4.79 Å². The fourth-order valence-corrected chi connectivity index (χ4v) is 3.54. The van der Waals surface area contributed by atoms with Gasteiger partial charge in [-0.2, -0.15) is 0 Å². The van der Waals surface area contributed by atoms with Gasteiger partial charge < -0.3 is 15.0 Å². The summed E-state index contributed by atoms with van der Waals surface area (Å²) in [6, 6.07) is 15.3. The molecule has 3 rings (SSSR count). The molecule has 2 unspecified atom stereocenters. The van der Waals surface area contributed by atoms with Crippen LogP contribution >= 0.6 is 15.9 Å². The number of hydrogen-bond acceptors (Lipinski definition) is 3. The van der Waals surface area contributed by atoms with E-state index in [1.807, 2.05) is 73.5 Å². The number of ether oxygens (including phenoxy) is 1. The fraction of sp³-hybridized carbons (Fsp3) is 0.250. The van der Waals surface area contributed by atoms with E-state index in [4.69, 9.17) is 4.74 Å². The summed E-state index contributed by atoms with van der Waals surface area (Å²) in [7, 11) is 3.52. The molecule has 1 aliphatic rings. The summed E-state index contributed by atoms with van der Waals surface area (Å²) in [4.78, 5) is 14.9. The molecule has 4 nitrogen and oxygen atoms in total. The molecule has 2 atom stereocenters. The lowest BCUT2D eigenvalue weighted by molar-refractivity contribution is -0.122. The number of likely N-dealkylation sites (N-methyl/N-ethyl adjacent to an activating group) is 1. The van der Waals surface area contributed by atoms with Crippen LogP contribution in [-0.4, -0.2) is 26.1 Å². The zero-order valence-electron chi connectivity index (χ0n) is 14.5. The molecule has 130 valence electrons. The Balaban J connectivity index is 1.84. The first-order valence-electron chi connectivity index (χ1n) is 8.14. The second kappa shape index (κ2) is 7.31. The smallest absolute Gasteiger partial charge is 0.251 e. The van der Waals surface area contributed by atoms with Gasteiger partial charge in [0.2, 0.25) is 0 Å². The van der Waals surface area contributed by atoms with Crippen LogP contribution in [0.4, 0.5) is 5.69 Å². The molecule has 0 saturated carbocycles. The van der Waals surface area contributed by atoms with Crippen LogP contribution in [-0.2, 0) is 9.53 Å². The zero-order chi connectivity index (χ0) is 18.0. The van der Waals surface area contributed by atoms with Crippen molar-refractivity contribution in [1.29, 1.82) is 0 Å². The molecule has 1 amide bonds. The minimum absolute atomic E-state index is 0.0856. The fourth-order valence-electron chi connectivity index (χ4n) is 3.12. The summed E-state index contributed by atoms with van der Waals surface area (Å²) in [6.07, 6.45) is 1.93. The predicted molar refractivity (Wildman–Crippen MR) is 104 cm³/mol. The summed E-state index contributed by atoms with van der Waals surface area (Å²) < 4.78 is 6.50. The third-order valence-corrected chi connectivity index (χ3v) is 4.96. The number of rotatable bonds is 4. The van der Waals surface area contributed by atoms with Crippen molar-refractivity contribution in [1.82, 2.24) is 5.32 Å². The second-order valence-electron chi connectivity index (χ2n) is 6.11. The largest absolute Gasteiger partial charge is 0.498 e. The maximum Gasteiger partial charge on any atom is 0.251 e. The van der Waals surface area contributed by atoms with Gasteiger partial charge in [-0.05, 0) is 36.8 Å². The van der Waals surface area contributed by atoms with E-state index in [1.165, 1.54) is 0 Å². The maximum absolute atomic E-state index is 13.0. The highest BCUT2D eigenvalue weighted by Crippen LogP contribution is 2.32. The summed E-state index contributed by atoms with van der Waals surface area (Å²) in [5.74, 6) is 0.553. The van der Waals surface area contributed by atoms with Gasteiger partial charge in [-0.1, -0.05) is 46.3 Å². The predicted octanol–water partition coefficient (Wildman–Crippen LogP) is 4.13. The van der Waals surface area contributed by atoms with E-state index in [0.29, 0.717) is 5.76 Å². The van der Waals surface area contributed by atoms with Crippen molar-refractivity contribution in [3.05, 3.63) is 69.9 Å². The summed E-state index contributed by atoms with van der Waals surface area (Å²) in [5, 5.41) is 3.10. The Labute approximate surface area is 156 Å². The highest BCUT2D eigenvalue weighted by molar-refractivity contribution is 9.10. The molecule has 0 fully saturated rings. The van der Waals surface area contributed by atoms with E-state index in [1.54, 1.807) is 7.11 Å². The van der Waals surface area contributed by atoms with Crippen molar-refractivity contribution in [3.63, 3.8) is 0 Å². The van der Waals surface area contributed by atoms with Gasteiger partial charge >= 0.3 is 0 Å². The van der Waals surface area contributed by atoms with Gasteiger partial charge in [0, 0.05) is 22.8 Å². The van der Waals surface area contributed by atoms with Crippen molar-refractivity contribution >= 4 is 33.6 Å². The molecule has 5 heteroatoms. The molecule has 2 aromatic rings. The number of halogens is 1. The van der Waals surface area contributed by atoms with E-state index >= 15 is 0 Å². The van der Waals surface area contributed by atoms with Crippen LogP contribution in [0, 0.1) is 0 Å². The average Bonchev–Trinajstić information content (AvgIpc) is 2.61. The molecular weight excluding hydrogens is 380 g/mol. The van der Waals surface area contributed by atoms with Gasteiger partial charge in [0.1, 0.15) is 5.76 Å². The lowest BCUT2D eigenvalue weighted by Gasteiger charge is -2.35. The molecule has 0 aromatic heterocycles. The molecule has 0 saturated heterocycles. The van der Waals surface area contributed by atoms with Gasteiger partial charge in [0.25, 0.3) is 5.91 Å². The molecule has 0 spiro atoms. The monoisotopic (exact) mass is 400 g/mol. The minimum atomic E-state index is -0.491. The Morgan fingerprint density at radius 1 is 1.24 bits per heavy atom. The quantitative estimate of drug-likeness (QED) is 0.838. The lowest BCUT2D eigenvalue weighted by Crippen LogP contribution is -2.48. The van der Waals surface area contributed by atoms with Gasteiger partial charge in [-0.15, -0.1) is 0 Å². The van der Waals surface area contributed by atoms with Crippen molar-refractivity contribution in [2.24, 2.45) is 0 Å². The number of fused-ring (bicyclic) bond motifs is 1. The zero-order valence-corrected chi connectivity index (χ0v) is 16.1. The highest BCUT2D eigenvalue weighted by Gasteiger charge is 2.33. The van der Waals surface area contributed by atoms with Gasteiger partial charge in [0.15, 0.2) is 6.04 Å². The second-order valence-corrected chi connectivity index (χ2v) is 7.02. The van der Waals surface area contributed by atoms with Crippen LogP contribution in [0.25, 0.3) is 6.08 Å². The standard InChI is InChI=1S/C20H21BrN2O2/c1-13(14-8-6-9-16(21)11-14)22-20(24)19-18(25-3)12-15-7-4-5-10-17(15)23(19)2/h4-13,19H,1-3H3,(H,22,24). The summed E-state index contributed by atoms with van der Waals surface area (Å²) in [6.45, 7) is 1.98. The third kappa shape index (κ3) is 3.56. The first kappa shape index (κ1) is 17.5. The van der Waals surface area contributed by atoms with Crippen LogP contribution in [0.15, 0.2) is 58.8 Å². The molecule has 2 aromatic carbocycles. The number of hydrogen-bond donors (Lipinski definition) is 1. The Morgan fingerprint density at radius 3 is 2.72 bits per heavy atom. The number of benzene rings is 2. The normalized spacial score (nSPS) is 17.4. The first-order chi connectivity index (χ1) is 12.0. The molecule has 1 N–H and O–H groups in total. The van der Waals surface area contributed by atoms with E-state index in [-0.39, 0.29) is 11.9 Å². The number of carbonyl (C=O) groups is 1.